The molecule has 6 N–H and O–H groups in total. The molecular formula is C28H28N2O7. The summed E-state index contributed by atoms with van der Waals surface area (Å²) in [6.45, 7) is 0.721. The van der Waals surface area contributed by atoms with E-state index < -0.39 is 52.0 Å². The van der Waals surface area contributed by atoms with Gasteiger partial charge in [0.15, 0.2) is 11.4 Å². The number of aliphatic hydroxyl groups excluding tert-OH is 2. The van der Waals surface area contributed by atoms with Crippen LogP contribution in [0.25, 0.3) is 16.9 Å². The molecule has 2 aromatic rings. The van der Waals surface area contributed by atoms with Gasteiger partial charge in [0.1, 0.15) is 22.8 Å². The van der Waals surface area contributed by atoms with Crippen molar-refractivity contribution in [3.05, 3.63) is 70.0 Å². The molecule has 1 amide bonds. The molecule has 3 aliphatic carbocycles. The zero-order valence-corrected chi connectivity index (χ0v) is 20.5. The number of Topliss-reactive ketones (excluding diaryl/α,β-unsaturated/α-hetero) is 2. The molecule has 3 atom stereocenters. The fraction of sp³-hybridized carbons (Fsp3) is 0.321. The van der Waals surface area contributed by atoms with E-state index in [9.17, 15) is 34.8 Å². The van der Waals surface area contributed by atoms with Gasteiger partial charge < -0.3 is 31.1 Å². The van der Waals surface area contributed by atoms with Gasteiger partial charge >= 0.3 is 0 Å². The molecule has 2 aromatic carbocycles. The number of amides is 1. The van der Waals surface area contributed by atoms with Crippen molar-refractivity contribution in [3.63, 3.8) is 0 Å². The van der Waals surface area contributed by atoms with Crippen LogP contribution in [-0.4, -0.2) is 62.5 Å². The monoisotopic (exact) mass is 504 g/mol. The Labute approximate surface area is 213 Å². The quantitative estimate of drug-likeness (QED) is 0.396. The molecule has 3 aliphatic rings. The number of hydrogen-bond donors (Lipinski definition) is 5. The molecule has 37 heavy (non-hydrogen) atoms. The molecule has 5 rings (SSSR count). The van der Waals surface area contributed by atoms with E-state index in [1.54, 1.807) is 6.07 Å². The second-order valence-corrected chi connectivity index (χ2v) is 10.3. The number of aliphatic hydroxyl groups is 3. The lowest BCUT2D eigenvalue weighted by Crippen LogP contribution is -2.58. The number of nitrogens with zero attached hydrogens (tertiary/aromatic N) is 1. The average Bonchev–Trinajstić information content (AvgIpc) is 2.81. The van der Waals surface area contributed by atoms with Gasteiger partial charge in [0, 0.05) is 24.5 Å². The number of rotatable bonds is 4. The molecule has 9 nitrogen and oxygen atoms in total. The number of carbonyl (C=O) groups excluding carboxylic acids is 3. The molecule has 9 heteroatoms. The Kier molecular flexibility index (Phi) is 5.73. The van der Waals surface area contributed by atoms with Crippen molar-refractivity contribution in [2.45, 2.75) is 31.4 Å². The number of benzene rings is 2. The molecule has 0 heterocycles. The second-order valence-electron chi connectivity index (χ2n) is 10.3. The highest BCUT2D eigenvalue weighted by Crippen LogP contribution is 2.53. The first-order valence-electron chi connectivity index (χ1n) is 12.0. The van der Waals surface area contributed by atoms with Crippen LogP contribution in [0.4, 0.5) is 0 Å². The van der Waals surface area contributed by atoms with Crippen LogP contribution in [0.5, 0.6) is 5.75 Å². The van der Waals surface area contributed by atoms with E-state index in [-0.39, 0.29) is 36.1 Å². The van der Waals surface area contributed by atoms with Crippen molar-refractivity contribution in [2.24, 2.45) is 17.6 Å². The zero-order valence-electron chi connectivity index (χ0n) is 20.5. The standard InChI is InChI=1S/C28H28N2O7/c1-30(2)12-13-4-3-5-14(8-13)17-6-7-19(31)22-18(17)10-15-9-16-11-20(32)23(27(29)36)26(35)28(16,37)25(34)21(15)24(22)33/h3-8,15-16,31,33,35,37H,9-12H2,1-2H3,(H2,29,36)/t15-,16+,28?/m1/s1. The molecule has 0 aromatic heterocycles. The van der Waals surface area contributed by atoms with Crippen LogP contribution in [-0.2, 0) is 27.3 Å². The number of hydrogen-bond acceptors (Lipinski definition) is 8. The van der Waals surface area contributed by atoms with Crippen LogP contribution >= 0.6 is 0 Å². The van der Waals surface area contributed by atoms with E-state index in [2.05, 4.69) is 0 Å². The smallest absolute Gasteiger partial charge is 0.255 e. The van der Waals surface area contributed by atoms with Gasteiger partial charge in [0.25, 0.3) is 5.91 Å². The minimum atomic E-state index is -2.57. The first kappa shape index (κ1) is 24.7. The Hall–Kier alpha value is -3.95. The number of phenols is 1. The van der Waals surface area contributed by atoms with E-state index in [1.165, 1.54) is 6.07 Å². The molecule has 0 aliphatic heterocycles. The predicted octanol–water partition coefficient (Wildman–Crippen LogP) is 2.15. The third kappa shape index (κ3) is 3.65. The molecule has 192 valence electrons. The number of phenolic OH excluding ortho intramolecular Hbond substituents is 1. The highest BCUT2D eigenvalue weighted by Gasteiger charge is 2.60. The maximum atomic E-state index is 13.6. The van der Waals surface area contributed by atoms with Crippen LogP contribution in [0.1, 0.15) is 29.5 Å². The second kappa shape index (κ2) is 8.57. The Balaban J connectivity index is 1.67. The predicted molar refractivity (Wildman–Crippen MR) is 134 cm³/mol. The summed E-state index contributed by atoms with van der Waals surface area (Å²) in [5.41, 5.74) is 5.18. The van der Waals surface area contributed by atoms with Gasteiger partial charge in [0.05, 0.1) is 5.56 Å². The average molecular weight is 505 g/mol. The van der Waals surface area contributed by atoms with Crippen LogP contribution < -0.4 is 5.73 Å². The summed E-state index contributed by atoms with van der Waals surface area (Å²) in [5.74, 6) is -6.35. The van der Waals surface area contributed by atoms with Gasteiger partial charge in [-0.3, -0.25) is 14.4 Å². The summed E-state index contributed by atoms with van der Waals surface area (Å²) < 4.78 is 0. The normalized spacial score (nSPS) is 25.2. The molecule has 1 unspecified atom stereocenters. The number of nitrogens with two attached hydrogens (primary N) is 1. The summed E-state index contributed by atoms with van der Waals surface area (Å²) in [4.78, 5) is 40.0. The number of fused-ring (bicyclic) bond motifs is 3. The Morgan fingerprint density at radius 2 is 1.84 bits per heavy atom. The van der Waals surface area contributed by atoms with Crippen LogP contribution in [0, 0.1) is 11.8 Å². The Morgan fingerprint density at radius 3 is 2.51 bits per heavy atom. The minimum Gasteiger partial charge on any atom is -0.508 e. The highest BCUT2D eigenvalue weighted by molar-refractivity contribution is 6.22. The van der Waals surface area contributed by atoms with Gasteiger partial charge in [-0.2, -0.15) is 0 Å². The number of aromatic hydroxyl groups is 1. The van der Waals surface area contributed by atoms with E-state index in [4.69, 9.17) is 5.73 Å². The molecule has 0 spiro atoms. The molecule has 1 saturated carbocycles. The molecule has 1 fully saturated rings. The number of primary amides is 1. The Morgan fingerprint density at radius 1 is 1.11 bits per heavy atom. The first-order valence-corrected chi connectivity index (χ1v) is 12.0. The van der Waals surface area contributed by atoms with E-state index in [0.717, 1.165) is 23.2 Å². The van der Waals surface area contributed by atoms with Crippen LogP contribution in [0.3, 0.4) is 0 Å². The lowest BCUT2D eigenvalue weighted by atomic mass is 9.59. The van der Waals surface area contributed by atoms with Crippen molar-refractivity contribution in [1.82, 2.24) is 4.90 Å². The van der Waals surface area contributed by atoms with E-state index in [0.29, 0.717) is 5.56 Å². The van der Waals surface area contributed by atoms with Gasteiger partial charge in [0.2, 0.25) is 5.78 Å². The number of carbonyl (C=O) groups is 3. The molecule has 0 bridgehead atoms. The van der Waals surface area contributed by atoms with Gasteiger partial charge in [-0.05, 0) is 67.2 Å². The number of ketones is 2. The SMILES string of the molecule is CN(C)Cc1cccc(-c2ccc(O)c3c2C[C@H]2C[C@H]4CC(=O)C(C(N)=O)=C(O)C4(O)C(=O)C2=C3O)c1. The molecular weight excluding hydrogens is 476 g/mol. The van der Waals surface area contributed by atoms with Gasteiger partial charge in [-0.25, -0.2) is 0 Å². The maximum Gasteiger partial charge on any atom is 0.255 e. The van der Waals surface area contributed by atoms with E-state index >= 15 is 0 Å². The zero-order chi connectivity index (χ0) is 26.8. The Bertz CT molecular complexity index is 1440. The lowest BCUT2D eigenvalue weighted by Gasteiger charge is -2.46. The van der Waals surface area contributed by atoms with Crippen molar-refractivity contribution in [2.75, 3.05) is 14.1 Å². The molecule has 0 saturated heterocycles. The highest BCUT2D eigenvalue weighted by atomic mass is 16.3. The third-order valence-corrected chi connectivity index (χ3v) is 7.68. The largest absolute Gasteiger partial charge is 0.508 e. The summed E-state index contributed by atoms with van der Waals surface area (Å²) >= 11 is 0. The topological polar surface area (TPSA) is 161 Å². The van der Waals surface area contributed by atoms with E-state index in [1.807, 2.05) is 43.3 Å². The summed E-state index contributed by atoms with van der Waals surface area (Å²) in [5, 5.41) is 44.0. The fourth-order valence-electron chi connectivity index (χ4n) is 6.09. The third-order valence-electron chi connectivity index (χ3n) is 7.68. The van der Waals surface area contributed by atoms with Crippen molar-refractivity contribution in [3.8, 4) is 16.9 Å². The van der Waals surface area contributed by atoms with Crippen LogP contribution in [0.15, 0.2) is 53.3 Å². The van der Waals surface area contributed by atoms with Gasteiger partial charge in [-0.1, -0.05) is 24.3 Å². The lowest BCUT2D eigenvalue weighted by molar-refractivity contribution is -0.147. The maximum absolute atomic E-state index is 13.6. The fourth-order valence-corrected chi connectivity index (χ4v) is 6.09. The first-order chi connectivity index (χ1) is 17.4. The summed E-state index contributed by atoms with van der Waals surface area (Å²) in [6, 6.07) is 11.1. The van der Waals surface area contributed by atoms with Crippen molar-refractivity contribution < 1.29 is 34.8 Å². The van der Waals surface area contributed by atoms with Crippen molar-refractivity contribution in [1.29, 1.82) is 0 Å². The minimum absolute atomic E-state index is 0.0858. The van der Waals surface area contributed by atoms with Crippen LogP contribution in [0.2, 0.25) is 0 Å². The summed E-state index contributed by atoms with van der Waals surface area (Å²) in [7, 11) is 3.94. The summed E-state index contributed by atoms with van der Waals surface area (Å²) in [6.07, 6.45) is 0.0101. The van der Waals surface area contributed by atoms with Gasteiger partial charge in [-0.15, -0.1) is 0 Å². The van der Waals surface area contributed by atoms with Crippen molar-refractivity contribution >= 4 is 23.2 Å². The molecule has 0 radical (unpaired) electrons.